The van der Waals surface area contributed by atoms with Crippen LogP contribution < -0.4 is 10.1 Å². The van der Waals surface area contributed by atoms with Gasteiger partial charge in [-0.1, -0.05) is 24.0 Å². The first-order chi connectivity index (χ1) is 12.8. The van der Waals surface area contributed by atoms with Crippen LogP contribution in [0.15, 0.2) is 48.5 Å². The quantitative estimate of drug-likeness (QED) is 0.464. The number of nitrogens with one attached hydrogen (secondary N) is 1. The average molecular weight is 379 g/mol. The summed E-state index contributed by atoms with van der Waals surface area (Å²) in [4.78, 5) is 10.8. The summed E-state index contributed by atoms with van der Waals surface area (Å²) >= 11 is 0. The van der Waals surface area contributed by atoms with Crippen molar-refractivity contribution in [2.45, 2.75) is 25.6 Å². The fourth-order valence-corrected chi connectivity index (χ4v) is 2.03. The maximum atomic E-state index is 12.7. The van der Waals surface area contributed by atoms with Crippen molar-refractivity contribution in [2.75, 3.05) is 6.61 Å². The van der Waals surface area contributed by atoms with Gasteiger partial charge in [0.05, 0.1) is 6.61 Å². The van der Waals surface area contributed by atoms with Crippen molar-refractivity contribution in [3.63, 3.8) is 0 Å². The molecule has 2 aromatic rings. The van der Waals surface area contributed by atoms with E-state index in [9.17, 15) is 22.4 Å². The second-order valence-electron chi connectivity index (χ2n) is 5.59. The minimum Gasteiger partial charge on any atom is -0.494 e. The Morgan fingerprint density at radius 3 is 2.33 bits per heavy atom. The molecule has 2 rings (SSSR count). The molecular weight excluding hydrogens is 362 g/mol. The number of amides is 1. The fourth-order valence-electron chi connectivity index (χ4n) is 2.03. The van der Waals surface area contributed by atoms with Gasteiger partial charge in [0.15, 0.2) is 0 Å². The summed E-state index contributed by atoms with van der Waals surface area (Å²) in [6, 6.07) is 12.3. The van der Waals surface area contributed by atoms with Gasteiger partial charge >= 0.3 is 12.1 Å². The standard InChI is InChI=1S/C20H17F4NO2/c21-17-9-11-18(12-10-17)27-13-3-1-2-4-15-5-7-16(8-6-15)14-25-19(26)20(22,23)24/h5-12H,1,3,13-14H2,(H,25,26). The Labute approximate surface area is 154 Å². The van der Waals surface area contributed by atoms with Crippen molar-refractivity contribution in [1.82, 2.24) is 5.32 Å². The third kappa shape index (κ3) is 7.40. The van der Waals surface area contributed by atoms with Crippen molar-refractivity contribution in [3.05, 3.63) is 65.5 Å². The number of alkyl halides is 3. The molecule has 0 spiro atoms. The van der Waals surface area contributed by atoms with E-state index >= 15 is 0 Å². The molecule has 0 aliphatic heterocycles. The van der Waals surface area contributed by atoms with E-state index in [2.05, 4.69) is 11.8 Å². The number of ether oxygens (including phenoxy) is 1. The van der Waals surface area contributed by atoms with Crippen LogP contribution in [-0.2, 0) is 11.3 Å². The Bertz CT molecular complexity index is 803. The summed E-state index contributed by atoms with van der Waals surface area (Å²) in [5.74, 6) is 4.24. The van der Waals surface area contributed by atoms with E-state index in [4.69, 9.17) is 4.74 Å². The van der Waals surface area contributed by atoms with Crippen molar-refractivity contribution in [2.24, 2.45) is 0 Å². The average Bonchev–Trinajstić information content (AvgIpc) is 2.64. The molecule has 0 bridgehead atoms. The lowest BCUT2D eigenvalue weighted by molar-refractivity contribution is -0.173. The summed E-state index contributed by atoms with van der Waals surface area (Å²) in [6.45, 7) is 0.255. The molecule has 0 saturated heterocycles. The number of hydrogen-bond donors (Lipinski definition) is 1. The second-order valence-corrected chi connectivity index (χ2v) is 5.59. The fraction of sp³-hybridized carbons (Fsp3) is 0.250. The number of benzene rings is 2. The van der Waals surface area contributed by atoms with Crippen molar-refractivity contribution in [3.8, 4) is 17.6 Å². The van der Waals surface area contributed by atoms with Crippen molar-refractivity contribution in [1.29, 1.82) is 0 Å². The first-order valence-corrected chi connectivity index (χ1v) is 8.16. The summed E-state index contributed by atoms with van der Waals surface area (Å²) in [6.07, 6.45) is -3.58. The van der Waals surface area contributed by atoms with Crippen LogP contribution in [0.4, 0.5) is 17.6 Å². The molecule has 2 aromatic carbocycles. The van der Waals surface area contributed by atoms with E-state index in [0.717, 1.165) is 5.56 Å². The van der Waals surface area contributed by atoms with Crippen LogP contribution in [0.5, 0.6) is 5.75 Å². The van der Waals surface area contributed by atoms with E-state index in [-0.39, 0.29) is 12.4 Å². The molecule has 0 atom stereocenters. The van der Waals surface area contributed by atoms with Gasteiger partial charge in [-0.3, -0.25) is 4.79 Å². The topological polar surface area (TPSA) is 38.3 Å². The van der Waals surface area contributed by atoms with Crippen LogP contribution in [0.25, 0.3) is 0 Å². The number of carbonyl (C=O) groups is 1. The zero-order chi connectivity index (χ0) is 19.7. The lowest BCUT2D eigenvalue weighted by atomic mass is 10.1. The highest BCUT2D eigenvalue weighted by Crippen LogP contribution is 2.14. The number of rotatable bonds is 6. The highest BCUT2D eigenvalue weighted by Gasteiger charge is 2.38. The first-order valence-electron chi connectivity index (χ1n) is 8.16. The lowest BCUT2D eigenvalue weighted by Gasteiger charge is -2.07. The summed E-state index contributed by atoms with van der Waals surface area (Å²) in [5.41, 5.74) is 1.27. The highest BCUT2D eigenvalue weighted by molar-refractivity contribution is 5.81. The number of unbranched alkanes of at least 4 members (excludes halogenated alkanes) is 1. The predicted octanol–water partition coefficient (Wildman–Crippen LogP) is 4.21. The van der Waals surface area contributed by atoms with E-state index in [1.807, 2.05) is 0 Å². The van der Waals surface area contributed by atoms with Gasteiger partial charge in [0.2, 0.25) is 0 Å². The van der Waals surface area contributed by atoms with Gasteiger partial charge in [0.25, 0.3) is 0 Å². The zero-order valence-corrected chi connectivity index (χ0v) is 14.3. The molecule has 1 amide bonds. The van der Waals surface area contributed by atoms with Crippen LogP contribution in [0.2, 0.25) is 0 Å². The molecule has 0 aromatic heterocycles. The molecule has 0 radical (unpaired) electrons. The van der Waals surface area contributed by atoms with E-state index in [1.165, 1.54) is 12.1 Å². The number of halogens is 4. The van der Waals surface area contributed by atoms with Crippen LogP contribution in [0.1, 0.15) is 24.0 Å². The summed E-state index contributed by atoms with van der Waals surface area (Å²) in [5, 5.41) is 1.81. The van der Waals surface area contributed by atoms with E-state index in [1.54, 1.807) is 41.7 Å². The summed E-state index contributed by atoms with van der Waals surface area (Å²) in [7, 11) is 0. The molecule has 7 heteroatoms. The molecule has 3 nitrogen and oxygen atoms in total. The van der Waals surface area contributed by atoms with Crippen LogP contribution >= 0.6 is 0 Å². The Morgan fingerprint density at radius 2 is 1.70 bits per heavy atom. The molecule has 0 fully saturated rings. The predicted molar refractivity (Wildman–Crippen MR) is 92.4 cm³/mol. The Morgan fingerprint density at radius 1 is 1.04 bits per heavy atom. The summed E-state index contributed by atoms with van der Waals surface area (Å²) < 4.78 is 54.5. The molecule has 0 aliphatic rings. The molecule has 0 heterocycles. The van der Waals surface area contributed by atoms with Gasteiger partial charge in [-0.25, -0.2) is 4.39 Å². The number of carbonyl (C=O) groups excluding carboxylic acids is 1. The Hall–Kier alpha value is -3.01. The monoisotopic (exact) mass is 379 g/mol. The zero-order valence-electron chi connectivity index (χ0n) is 14.3. The van der Waals surface area contributed by atoms with E-state index < -0.39 is 12.1 Å². The van der Waals surface area contributed by atoms with Gasteiger partial charge in [0.1, 0.15) is 11.6 Å². The molecular formula is C20H17F4NO2. The third-order valence-electron chi connectivity index (χ3n) is 3.43. The maximum Gasteiger partial charge on any atom is 0.471 e. The first kappa shape index (κ1) is 20.3. The van der Waals surface area contributed by atoms with Gasteiger partial charge in [-0.15, -0.1) is 0 Å². The minimum atomic E-state index is -4.88. The van der Waals surface area contributed by atoms with Gasteiger partial charge in [0, 0.05) is 18.5 Å². The van der Waals surface area contributed by atoms with Crippen LogP contribution in [-0.4, -0.2) is 18.7 Å². The maximum absolute atomic E-state index is 12.7. The SMILES string of the molecule is O=C(NCc1ccc(C#CCCCOc2ccc(F)cc2)cc1)C(F)(F)F. The highest BCUT2D eigenvalue weighted by atomic mass is 19.4. The Kier molecular flexibility index (Phi) is 7.24. The minimum absolute atomic E-state index is 0.202. The molecule has 0 saturated carbocycles. The van der Waals surface area contributed by atoms with Crippen molar-refractivity contribution < 1.29 is 27.1 Å². The second kappa shape index (κ2) is 9.62. The lowest BCUT2D eigenvalue weighted by Crippen LogP contribution is -2.36. The third-order valence-corrected chi connectivity index (χ3v) is 3.43. The van der Waals surface area contributed by atoms with Crippen LogP contribution in [0.3, 0.4) is 0 Å². The molecule has 0 unspecified atom stereocenters. The number of hydrogen-bond acceptors (Lipinski definition) is 2. The molecule has 27 heavy (non-hydrogen) atoms. The molecule has 1 N–H and O–H groups in total. The largest absolute Gasteiger partial charge is 0.494 e. The van der Waals surface area contributed by atoms with Gasteiger partial charge < -0.3 is 10.1 Å². The van der Waals surface area contributed by atoms with Gasteiger partial charge in [-0.2, -0.15) is 13.2 Å². The Balaban J connectivity index is 1.70. The van der Waals surface area contributed by atoms with Gasteiger partial charge in [-0.05, 0) is 48.4 Å². The smallest absolute Gasteiger partial charge is 0.471 e. The van der Waals surface area contributed by atoms with E-state index in [0.29, 0.717) is 30.8 Å². The molecule has 0 aliphatic carbocycles. The van der Waals surface area contributed by atoms with Crippen molar-refractivity contribution >= 4 is 5.91 Å². The molecule has 142 valence electrons. The normalized spacial score (nSPS) is 10.7. The van der Waals surface area contributed by atoms with Crippen LogP contribution in [0, 0.1) is 17.7 Å².